The van der Waals surface area contributed by atoms with Crippen LogP contribution in [0.2, 0.25) is 0 Å². The molecule has 3 amide bonds. The zero-order valence-corrected chi connectivity index (χ0v) is 17.2. The Kier molecular flexibility index (Phi) is 6.71. The van der Waals surface area contributed by atoms with Crippen molar-refractivity contribution in [2.75, 3.05) is 13.2 Å². The molecule has 12 heteroatoms. The summed E-state index contributed by atoms with van der Waals surface area (Å²) in [6.45, 7) is -0.975. The molecule has 2 fully saturated rings. The lowest BCUT2D eigenvalue weighted by molar-refractivity contribution is -0.191. The first kappa shape index (κ1) is 24.1. The van der Waals surface area contributed by atoms with Gasteiger partial charge in [0.25, 0.3) is 5.60 Å². The van der Waals surface area contributed by atoms with Gasteiger partial charge in [0.15, 0.2) is 11.8 Å². The Labute approximate surface area is 187 Å². The molecule has 2 aliphatic rings. The minimum atomic E-state index is -2.75. The second-order valence-corrected chi connectivity index (χ2v) is 7.64. The number of amides is 3. The minimum Gasteiger partial charge on any atom is -0.479 e. The van der Waals surface area contributed by atoms with Crippen molar-refractivity contribution in [3.8, 4) is 12.3 Å². The number of aliphatic hydroxyl groups is 2. The Bertz CT molecular complexity index is 977. The Morgan fingerprint density at radius 3 is 2.45 bits per heavy atom. The van der Waals surface area contributed by atoms with Gasteiger partial charge < -0.3 is 29.9 Å². The molecule has 0 unspecified atom stereocenters. The number of imide groups is 1. The summed E-state index contributed by atoms with van der Waals surface area (Å²) in [7, 11) is 0. The van der Waals surface area contributed by atoms with Gasteiger partial charge in [-0.1, -0.05) is 36.3 Å². The molecule has 0 radical (unpaired) electrons. The Morgan fingerprint density at radius 1 is 1.27 bits per heavy atom. The third kappa shape index (κ3) is 4.39. The van der Waals surface area contributed by atoms with Crippen LogP contribution in [0.25, 0.3) is 0 Å². The lowest BCUT2D eigenvalue weighted by atomic mass is 9.91. The number of hydrogen-bond donors (Lipinski definition) is 5. The number of ether oxygens (including phenoxy) is 2. The summed E-state index contributed by atoms with van der Waals surface area (Å²) in [4.78, 5) is 48.4. The predicted molar refractivity (Wildman–Crippen MR) is 107 cm³/mol. The summed E-state index contributed by atoms with van der Waals surface area (Å²) in [5, 5.41) is 42.8. The van der Waals surface area contributed by atoms with Crippen molar-refractivity contribution in [3.05, 3.63) is 35.9 Å². The van der Waals surface area contributed by atoms with Gasteiger partial charge in [-0.3, -0.25) is 15.0 Å². The van der Waals surface area contributed by atoms with Gasteiger partial charge in [0.1, 0.15) is 12.2 Å². The van der Waals surface area contributed by atoms with Crippen molar-refractivity contribution in [1.29, 1.82) is 0 Å². The first-order chi connectivity index (χ1) is 15.5. The maximum absolute atomic E-state index is 12.1. The molecule has 4 atom stereocenters. The minimum absolute atomic E-state index is 0.0911. The summed E-state index contributed by atoms with van der Waals surface area (Å²) in [6.07, 6.45) is -0.209. The number of urea groups is 1. The molecule has 5 N–H and O–H groups in total. The van der Waals surface area contributed by atoms with E-state index in [0.29, 0.717) is 5.56 Å². The summed E-state index contributed by atoms with van der Waals surface area (Å²) < 4.78 is 10.8. The molecule has 1 aromatic carbocycles. The number of nitrogens with one attached hydrogen (secondary N) is 1. The molecule has 0 bridgehead atoms. The lowest BCUT2D eigenvalue weighted by Crippen LogP contribution is -2.58. The first-order valence-electron chi connectivity index (χ1n) is 9.84. The van der Waals surface area contributed by atoms with Gasteiger partial charge in [0.2, 0.25) is 5.91 Å². The number of rotatable bonds is 8. The van der Waals surface area contributed by atoms with Gasteiger partial charge in [-0.2, -0.15) is 0 Å². The molecule has 0 spiro atoms. The van der Waals surface area contributed by atoms with E-state index in [0.717, 1.165) is 4.90 Å². The highest BCUT2D eigenvalue weighted by atomic mass is 16.6. The maximum atomic E-state index is 12.1. The molecule has 0 aromatic heterocycles. The highest BCUT2D eigenvalue weighted by Gasteiger charge is 2.59. The zero-order valence-electron chi connectivity index (χ0n) is 17.2. The Balaban J connectivity index is 1.84. The van der Waals surface area contributed by atoms with Crippen LogP contribution in [-0.4, -0.2) is 92.0 Å². The number of aliphatic carboxylic acids is 2. The summed E-state index contributed by atoms with van der Waals surface area (Å²) in [5.74, 6) is -2.18. The van der Waals surface area contributed by atoms with E-state index in [1.165, 1.54) is 12.1 Å². The Hall–Kier alpha value is -3.50. The standard InChI is InChI=1S/C21H22N2O10/c1-2-20(31)13(33-16(15(20)25)23-9-8-14(24)22-19(23)30)11-32-21(17(26)27,18(28)29)10-12-6-4-3-5-7-12/h1,3-7,13,15-16,25,31H,8-11H2,(H,26,27)(H,28,29)(H,22,24,30)/t13-,15+,16-,20-/m1/s1. The largest absolute Gasteiger partial charge is 0.479 e. The van der Waals surface area contributed by atoms with Crippen LogP contribution in [0.3, 0.4) is 0 Å². The van der Waals surface area contributed by atoms with Crippen LogP contribution in [0.4, 0.5) is 4.79 Å². The van der Waals surface area contributed by atoms with Crippen LogP contribution >= 0.6 is 0 Å². The average Bonchev–Trinajstić information content (AvgIpc) is 3.02. The van der Waals surface area contributed by atoms with Gasteiger partial charge in [-0.25, -0.2) is 14.4 Å². The number of carboxylic acids is 2. The van der Waals surface area contributed by atoms with E-state index in [9.17, 15) is 39.6 Å². The third-order valence-electron chi connectivity index (χ3n) is 5.61. The lowest BCUT2D eigenvalue weighted by Gasteiger charge is -2.33. The van der Waals surface area contributed by atoms with Crippen molar-refractivity contribution < 1.29 is 49.1 Å². The maximum Gasteiger partial charge on any atom is 0.348 e. The molecule has 2 saturated heterocycles. The van der Waals surface area contributed by atoms with Crippen molar-refractivity contribution in [2.24, 2.45) is 0 Å². The molecule has 0 saturated carbocycles. The van der Waals surface area contributed by atoms with Crippen LogP contribution in [0.5, 0.6) is 0 Å². The van der Waals surface area contributed by atoms with Crippen LogP contribution < -0.4 is 5.32 Å². The highest BCUT2D eigenvalue weighted by Crippen LogP contribution is 2.35. The average molecular weight is 462 g/mol. The summed E-state index contributed by atoms with van der Waals surface area (Å²) in [6, 6.07) is 7.00. The Morgan fingerprint density at radius 2 is 1.91 bits per heavy atom. The number of nitrogens with zero attached hydrogens (tertiary/aromatic N) is 1. The first-order valence-corrected chi connectivity index (χ1v) is 9.84. The fourth-order valence-electron chi connectivity index (χ4n) is 3.68. The van der Waals surface area contributed by atoms with Gasteiger partial charge in [0, 0.05) is 19.4 Å². The van der Waals surface area contributed by atoms with Gasteiger partial charge >= 0.3 is 18.0 Å². The molecule has 2 aliphatic heterocycles. The molecule has 0 aliphatic carbocycles. The van der Waals surface area contributed by atoms with Crippen molar-refractivity contribution >= 4 is 23.9 Å². The molecule has 3 rings (SSSR count). The van der Waals surface area contributed by atoms with Crippen LogP contribution in [0.15, 0.2) is 30.3 Å². The van der Waals surface area contributed by atoms with E-state index >= 15 is 0 Å². The van der Waals surface area contributed by atoms with E-state index in [2.05, 4.69) is 0 Å². The molecule has 33 heavy (non-hydrogen) atoms. The quantitative estimate of drug-likeness (QED) is 0.226. The number of carbonyl (C=O) groups excluding carboxylic acids is 2. The van der Waals surface area contributed by atoms with Crippen LogP contribution in [0.1, 0.15) is 12.0 Å². The van der Waals surface area contributed by atoms with Crippen molar-refractivity contribution in [2.45, 2.75) is 42.5 Å². The fraction of sp³-hybridized carbons (Fsp3) is 0.429. The smallest absolute Gasteiger partial charge is 0.348 e. The number of carboxylic acid groups (broad SMARTS) is 2. The summed E-state index contributed by atoms with van der Waals surface area (Å²) >= 11 is 0. The second kappa shape index (κ2) is 9.16. The third-order valence-corrected chi connectivity index (χ3v) is 5.61. The van der Waals surface area contributed by atoms with Crippen molar-refractivity contribution in [1.82, 2.24) is 10.2 Å². The number of hydrogen-bond acceptors (Lipinski definition) is 8. The molecule has 12 nitrogen and oxygen atoms in total. The van der Waals surface area contributed by atoms with E-state index < -0.39 is 66.5 Å². The fourth-order valence-corrected chi connectivity index (χ4v) is 3.68. The number of aliphatic hydroxyl groups excluding tert-OH is 1. The second-order valence-electron chi connectivity index (χ2n) is 7.64. The van der Waals surface area contributed by atoms with Gasteiger partial charge in [-0.05, 0) is 5.56 Å². The van der Waals surface area contributed by atoms with Crippen LogP contribution in [-0.2, 0) is 30.3 Å². The van der Waals surface area contributed by atoms with Crippen LogP contribution in [0, 0.1) is 12.3 Å². The zero-order chi connectivity index (χ0) is 24.4. The van der Waals surface area contributed by atoms with Gasteiger partial charge in [-0.15, -0.1) is 6.42 Å². The monoisotopic (exact) mass is 462 g/mol. The SMILES string of the molecule is C#C[C@@]1(O)[C@@H](COC(Cc2ccccc2)(C(=O)O)C(=O)O)O[C@@H](N2CCC(=O)NC2=O)[C@@H]1O. The highest BCUT2D eigenvalue weighted by molar-refractivity contribution is 6.02. The predicted octanol–water partition coefficient (Wildman–Crippen LogP) is -1.45. The normalized spacial score (nSPS) is 27.7. The molecular formula is C21H22N2O10. The number of benzene rings is 1. The van der Waals surface area contributed by atoms with E-state index in [1.54, 1.807) is 18.2 Å². The number of terminal acetylenes is 1. The van der Waals surface area contributed by atoms with Gasteiger partial charge in [0.05, 0.1) is 6.61 Å². The molecule has 2 heterocycles. The summed E-state index contributed by atoms with van der Waals surface area (Å²) in [5.41, 5.74) is -4.84. The number of carbonyl (C=O) groups is 4. The van der Waals surface area contributed by atoms with E-state index in [4.69, 9.17) is 15.9 Å². The van der Waals surface area contributed by atoms with Crippen molar-refractivity contribution in [3.63, 3.8) is 0 Å². The topological polar surface area (TPSA) is 183 Å². The molecule has 1 aromatic rings. The molecular weight excluding hydrogens is 440 g/mol. The van der Waals surface area contributed by atoms with E-state index in [1.807, 2.05) is 11.2 Å². The molecule has 176 valence electrons. The van der Waals surface area contributed by atoms with E-state index in [-0.39, 0.29) is 13.0 Å².